The molecular formula is C5H2N4O4. The number of nitrogens with zero attached hydrogens (tertiary/aromatic N) is 4. The Kier molecular flexibility index (Phi) is 1.51. The van der Waals surface area contributed by atoms with Crippen LogP contribution >= 0.6 is 0 Å². The lowest BCUT2D eigenvalue weighted by Gasteiger charge is -2.03. The van der Waals surface area contributed by atoms with Gasteiger partial charge >= 0.3 is 17.9 Å². The summed E-state index contributed by atoms with van der Waals surface area (Å²) in [6.45, 7) is 0. The van der Waals surface area contributed by atoms with E-state index < -0.39 is 11.9 Å². The van der Waals surface area contributed by atoms with E-state index in [4.69, 9.17) is 0 Å². The standard InChI is InChI=1S/C5H2N4O4/c10-3-1-2-4(11)13-9-5(12-3)6-7-8-9/h1-2H/b2-1-. The molecule has 0 N–H and O–H groups in total. The molecule has 13 heavy (non-hydrogen) atoms. The van der Waals surface area contributed by atoms with Crippen molar-refractivity contribution in [3.63, 3.8) is 0 Å². The highest BCUT2D eigenvalue weighted by molar-refractivity contribution is 5.92. The van der Waals surface area contributed by atoms with Crippen molar-refractivity contribution in [2.45, 2.75) is 0 Å². The van der Waals surface area contributed by atoms with E-state index in [0.29, 0.717) is 4.85 Å². The van der Waals surface area contributed by atoms with Crippen LogP contribution in [0, 0.1) is 0 Å². The molecule has 2 heterocycles. The van der Waals surface area contributed by atoms with Crippen molar-refractivity contribution < 1.29 is 19.2 Å². The maximum Gasteiger partial charge on any atom is 0.379 e. The molecule has 8 heteroatoms. The molecule has 0 bridgehead atoms. The molecule has 0 aromatic carbocycles. The van der Waals surface area contributed by atoms with Crippen LogP contribution in [0.2, 0.25) is 0 Å². The summed E-state index contributed by atoms with van der Waals surface area (Å²) < 4.78 is 4.55. The van der Waals surface area contributed by atoms with Gasteiger partial charge in [-0.15, -0.1) is 0 Å². The zero-order valence-electron chi connectivity index (χ0n) is 6.08. The Balaban J connectivity index is 2.40. The molecule has 66 valence electrons. The van der Waals surface area contributed by atoms with Crippen LogP contribution < -0.4 is 9.57 Å². The van der Waals surface area contributed by atoms with Crippen LogP contribution in [0.1, 0.15) is 0 Å². The van der Waals surface area contributed by atoms with Crippen molar-refractivity contribution in [2.24, 2.45) is 0 Å². The highest BCUT2D eigenvalue weighted by atomic mass is 16.7. The molecule has 0 fully saturated rings. The zero-order valence-corrected chi connectivity index (χ0v) is 6.08. The summed E-state index contributed by atoms with van der Waals surface area (Å²) in [5.41, 5.74) is 0. The number of rotatable bonds is 0. The summed E-state index contributed by atoms with van der Waals surface area (Å²) in [4.78, 5) is 26.7. The quantitative estimate of drug-likeness (QED) is 0.341. The monoisotopic (exact) mass is 182 g/mol. The first-order chi connectivity index (χ1) is 6.25. The number of tetrazole rings is 1. The van der Waals surface area contributed by atoms with Gasteiger partial charge in [-0.2, -0.15) is 0 Å². The van der Waals surface area contributed by atoms with Crippen LogP contribution in [0.4, 0.5) is 0 Å². The number of carbonyl (C=O) groups excluding carboxylic acids is 2. The molecule has 0 saturated heterocycles. The minimum absolute atomic E-state index is 0.289. The molecule has 0 unspecified atom stereocenters. The number of carbonyl (C=O) groups is 2. The topological polar surface area (TPSA) is 96.2 Å². The maximum absolute atomic E-state index is 10.8. The molecule has 1 aromatic heterocycles. The van der Waals surface area contributed by atoms with Crippen molar-refractivity contribution >= 4 is 11.9 Å². The largest absolute Gasteiger partial charge is 0.384 e. The smallest absolute Gasteiger partial charge is 0.379 e. The molecule has 2 rings (SSSR count). The molecule has 0 amide bonds. The lowest BCUT2D eigenvalue weighted by atomic mass is 10.5. The van der Waals surface area contributed by atoms with E-state index in [2.05, 4.69) is 25.1 Å². The first kappa shape index (κ1) is 7.40. The van der Waals surface area contributed by atoms with Gasteiger partial charge in [0.2, 0.25) is 0 Å². The van der Waals surface area contributed by atoms with Gasteiger partial charge in [0.15, 0.2) is 0 Å². The van der Waals surface area contributed by atoms with Crippen molar-refractivity contribution in [1.29, 1.82) is 0 Å². The fourth-order valence-corrected chi connectivity index (χ4v) is 0.664. The fraction of sp³-hybridized carbons (Fsp3) is 0. The van der Waals surface area contributed by atoms with Crippen LogP contribution in [0.5, 0.6) is 6.01 Å². The Labute approximate surface area is 70.7 Å². The molecule has 0 saturated carbocycles. The molecule has 1 aromatic rings. The maximum atomic E-state index is 10.8. The second kappa shape index (κ2) is 2.66. The lowest BCUT2D eigenvalue weighted by molar-refractivity contribution is -0.144. The van der Waals surface area contributed by atoms with Crippen molar-refractivity contribution in [1.82, 2.24) is 20.4 Å². The van der Waals surface area contributed by atoms with E-state index in [1.807, 2.05) is 0 Å². The van der Waals surface area contributed by atoms with Gasteiger partial charge in [0.1, 0.15) is 0 Å². The van der Waals surface area contributed by atoms with Gasteiger partial charge in [0, 0.05) is 12.2 Å². The Morgan fingerprint density at radius 1 is 1.23 bits per heavy atom. The van der Waals surface area contributed by atoms with Crippen molar-refractivity contribution in [2.75, 3.05) is 0 Å². The Bertz CT molecular complexity index is 360. The third kappa shape index (κ3) is 1.36. The number of esters is 1. The highest BCUT2D eigenvalue weighted by Gasteiger charge is 2.17. The third-order valence-corrected chi connectivity index (χ3v) is 1.14. The summed E-state index contributed by atoms with van der Waals surface area (Å²) in [6.07, 6.45) is 1.83. The van der Waals surface area contributed by atoms with Gasteiger partial charge in [-0.05, 0) is 15.3 Å². The first-order valence-corrected chi connectivity index (χ1v) is 3.16. The Morgan fingerprint density at radius 3 is 2.85 bits per heavy atom. The minimum Gasteiger partial charge on any atom is -0.384 e. The zero-order chi connectivity index (χ0) is 9.26. The first-order valence-electron chi connectivity index (χ1n) is 3.16. The average Bonchev–Trinajstić information content (AvgIpc) is 2.47. The SMILES string of the molecule is O=C1/C=C\C(=O)On2nnnc2O1. The van der Waals surface area contributed by atoms with Crippen molar-refractivity contribution in [3.05, 3.63) is 12.2 Å². The van der Waals surface area contributed by atoms with E-state index in [-0.39, 0.29) is 6.01 Å². The molecule has 0 aliphatic carbocycles. The molecule has 1 aliphatic heterocycles. The molecular weight excluding hydrogens is 180 g/mol. The van der Waals surface area contributed by atoms with Crippen LogP contribution in [0.3, 0.4) is 0 Å². The second-order valence-electron chi connectivity index (χ2n) is 2.00. The van der Waals surface area contributed by atoms with E-state index in [1.165, 1.54) is 0 Å². The number of ether oxygens (including phenoxy) is 1. The highest BCUT2D eigenvalue weighted by Crippen LogP contribution is 2.03. The van der Waals surface area contributed by atoms with E-state index in [0.717, 1.165) is 12.2 Å². The van der Waals surface area contributed by atoms with Gasteiger partial charge in [0.25, 0.3) is 0 Å². The van der Waals surface area contributed by atoms with Gasteiger partial charge < -0.3 is 9.57 Å². The summed E-state index contributed by atoms with van der Waals surface area (Å²) in [5, 5.41) is 9.67. The minimum atomic E-state index is -0.759. The summed E-state index contributed by atoms with van der Waals surface area (Å²) in [7, 11) is 0. The van der Waals surface area contributed by atoms with Gasteiger partial charge in [-0.1, -0.05) is 5.10 Å². The molecule has 0 atom stereocenters. The molecule has 8 nitrogen and oxygen atoms in total. The summed E-state index contributed by atoms with van der Waals surface area (Å²) in [5.74, 6) is -1.50. The Morgan fingerprint density at radius 2 is 2.00 bits per heavy atom. The average molecular weight is 182 g/mol. The van der Waals surface area contributed by atoms with Gasteiger partial charge in [0.05, 0.1) is 0 Å². The lowest BCUT2D eigenvalue weighted by Crippen LogP contribution is -2.24. The van der Waals surface area contributed by atoms with Crippen LogP contribution in [0.25, 0.3) is 0 Å². The predicted molar refractivity (Wildman–Crippen MR) is 34.2 cm³/mol. The number of hydrogen-bond acceptors (Lipinski definition) is 7. The van der Waals surface area contributed by atoms with E-state index in [9.17, 15) is 9.59 Å². The van der Waals surface area contributed by atoms with Crippen molar-refractivity contribution in [3.8, 4) is 6.01 Å². The fourth-order valence-electron chi connectivity index (χ4n) is 0.664. The van der Waals surface area contributed by atoms with Crippen LogP contribution in [-0.4, -0.2) is 32.3 Å². The summed E-state index contributed by atoms with van der Waals surface area (Å²) in [6, 6.07) is -0.289. The molecule has 0 radical (unpaired) electrons. The van der Waals surface area contributed by atoms with E-state index >= 15 is 0 Å². The molecule has 0 spiro atoms. The molecule has 1 aliphatic rings. The number of fused-ring (bicyclic) bond motifs is 1. The Hall–Kier alpha value is -2.25. The van der Waals surface area contributed by atoms with E-state index in [1.54, 1.807) is 0 Å². The second-order valence-corrected chi connectivity index (χ2v) is 2.00. The number of aromatic nitrogens is 4. The van der Waals surface area contributed by atoms with Gasteiger partial charge in [-0.25, -0.2) is 9.59 Å². The summed E-state index contributed by atoms with van der Waals surface area (Å²) >= 11 is 0. The normalized spacial score (nSPS) is 17.8. The number of hydrogen-bond donors (Lipinski definition) is 0. The predicted octanol–water partition coefficient (Wildman–Crippen LogP) is -1.90. The van der Waals surface area contributed by atoms with Crippen LogP contribution in [-0.2, 0) is 9.59 Å². The van der Waals surface area contributed by atoms with Gasteiger partial charge in [-0.3, -0.25) is 0 Å². The third-order valence-electron chi connectivity index (χ3n) is 1.14. The van der Waals surface area contributed by atoms with Crippen LogP contribution in [0.15, 0.2) is 12.2 Å².